The van der Waals surface area contributed by atoms with Crippen molar-refractivity contribution in [2.75, 3.05) is 13.3 Å². The number of halogens is 8. The van der Waals surface area contributed by atoms with Gasteiger partial charge in [0.25, 0.3) is 5.60 Å². The SMILES string of the molecule is CC1C2CC(CC(O)(C(F)(F)F)C(F)(F)F)C(C2)C1C.CCF.CCF. The van der Waals surface area contributed by atoms with Crippen molar-refractivity contribution in [2.45, 2.75) is 64.9 Å². The normalized spacial score (nSPS) is 31.0. The molecule has 5 unspecified atom stereocenters. The predicted octanol–water partition coefficient (Wildman–Crippen LogP) is 6.11. The van der Waals surface area contributed by atoms with Crippen LogP contribution in [0.1, 0.15) is 47.0 Å². The van der Waals surface area contributed by atoms with E-state index in [2.05, 4.69) is 0 Å². The van der Waals surface area contributed by atoms with Gasteiger partial charge in [-0.15, -0.1) is 0 Å². The summed E-state index contributed by atoms with van der Waals surface area (Å²) in [5.41, 5.74) is -4.59. The minimum absolute atomic E-state index is 0.115. The Balaban J connectivity index is 0.000000918. The lowest BCUT2D eigenvalue weighted by atomic mass is 9.72. The Labute approximate surface area is 149 Å². The molecule has 0 radical (unpaired) electrons. The summed E-state index contributed by atoms with van der Waals surface area (Å²) in [6, 6.07) is 0. The lowest BCUT2D eigenvalue weighted by molar-refractivity contribution is -0.373. The highest BCUT2D eigenvalue weighted by Gasteiger charge is 2.71. The second kappa shape index (κ2) is 9.55. The Kier molecular flexibility index (Phi) is 9.33. The highest BCUT2D eigenvalue weighted by molar-refractivity contribution is 5.03. The van der Waals surface area contributed by atoms with Crippen molar-refractivity contribution in [3.8, 4) is 0 Å². The molecule has 1 N–H and O–H groups in total. The van der Waals surface area contributed by atoms with E-state index in [9.17, 15) is 40.2 Å². The predicted molar refractivity (Wildman–Crippen MR) is 83.0 cm³/mol. The molecule has 0 spiro atoms. The van der Waals surface area contributed by atoms with Crippen LogP contribution in [0.3, 0.4) is 0 Å². The first-order chi connectivity index (χ1) is 11.7. The Hall–Kier alpha value is -0.600. The van der Waals surface area contributed by atoms with Gasteiger partial charge in [-0.25, -0.2) is 0 Å². The first-order valence-corrected chi connectivity index (χ1v) is 8.69. The van der Waals surface area contributed by atoms with Gasteiger partial charge in [0, 0.05) is 0 Å². The van der Waals surface area contributed by atoms with Crippen LogP contribution in [0.5, 0.6) is 0 Å². The minimum atomic E-state index is -5.69. The monoisotopic (exact) mass is 400 g/mol. The molecule has 1 nitrogen and oxygen atoms in total. The molecule has 2 aliphatic carbocycles. The van der Waals surface area contributed by atoms with Crippen LogP contribution in [0.4, 0.5) is 35.1 Å². The van der Waals surface area contributed by atoms with Crippen molar-refractivity contribution >= 4 is 0 Å². The molecule has 5 atom stereocenters. The van der Waals surface area contributed by atoms with Gasteiger partial charge in [0.15, 0.2) is 0 Å². The van der Waals surface area contributed by atoms with Crippen LogP contribution in [0, 0.1) is 29.6 Å². The maximum absolute atomic E-state index is 12.7. The lowest BCUT2D eigenvalue weighted by Crippen LogP contribution is -2.58. The molecule has 0 aromatic rings. The third-order valence-electron chi connectivity index (χ3n) is 5.53. The zero-order valence-electron chi connectivity index (χ0n) is 15.4. The molecule has 0 aromatic heterocycles. The number of rotatable bonds is 2. The van der Waals surface area contributed by atoms with Crippen molar-refractivity contribution in [3.05, 3.63) is 0 Å². The molecule has 2 bridgehead atoms. The highest BCUT2D eigenvalue weighted by Crippen LogP contribution is 2.59. The number of fused-ring (bicyclic) bond motifs is 2. The van der Waals surface area contributed by atoms with Gasteiger partial charge >= 0.3 is 12.4 Å². The molecule has 0 heterocycles. The largest absolute Gasteiger partial charge is 0.426 e. The first-order valence-electron chi connectivity index (χ1n) is 8.69. The highest BCUT2D eigenvalue weighted by atomic mass is 19.4. The summed E-state index contributed by atoms with van der Waals surface area (Å²) >= 11 is 0. The van der Waals surface area contributed by atoms with Gasteiger partial charge < -0.3 is 5.11 Å². The zero-order chi connectivity index (χ0) is 20.9. The number of aliphatic hydroxyl groups is 1. The second-order valence-corrected chi connectivity index (χ2v) is 6.97. The minimum Gasteiger partial charge on any atom is -0.374 e. The lowest BCUT2D eigenvalue weighted by Gasteiger charge is -2.39. The van der Waals surface area contributed by atoms with E-state index in [4.69, 9.17) is 0 Å². The van der Waals surface area contributed by atoms with E-state index in [1.54, 1.807) is 0 Å². The average Bonchev–Trinajstić information content (AvgIpc) is 2.98. The molecule has 2 rings (SSSR count). The fourth-order valence-corrected chi connectivity index (χ4v) is 4.10. The third-order valence-corrected chi connectivity index (χ3v) is 5.53. The molecular weight excluding hydrogens is 372 g/mol. The Bertz CT molecular complexity index is 389. The van der Waals surface area contributed by atoms with E-state index >= 15 is 0 Å². The summed E-state index contributed by atoms with van der Waals surface area (Å²) in [7, 11) is 0. The third kappa shape index (κ3) is 5.45. The average molecular weight is 400 g/mol. The molecule has 2 aliphatic rings. The van der Waals surface area contributed by atoms with E-state index in [0.29, 0.717) is 18.8 Å². The van der Waals surface area contributed by atoms with Crippen molar-refractivity contribution in [1.82, 2.24) is 0 Å². The van der Waals surface area contributed by atoms with Crippen LogP contribution in [0.25, 0.3) is 0 Å². The molecule has 0 aliphatic heterocycles. The summed E-state index contributed by atoms with van der Waals surface area (Å²) in [6.07, 6.45) is -11.6. The zero-order valence-corrected chi connectivity index (χ0v) is 15.4. The van der Waals surface area contributed by atoms with Gasteiger partial charge in [0.2, 0.25) is 0 Å². The maximum atomic E-state index is 12.7. The first kappa shape index (κ1) is 25.4. The number of hydrogen-bond acceptors (Lipinski definition) is 1. The maximum Gasteiger partial charge on any atom is 0.426 e. The quantitative estimate of drug-likeness (QED) is 0.555. The van der Waals surface area contributed by atoms with Crippen LogP contribution >= 0.6 is 0 Å². The molecule has 0 saturated heterocycles. The second-order valence-electron chi connectivity index (χ2n) is 6.97. The molecule has 2 saturated carbocycles. The van der Waals surface area contributed by atoms with Gasteiger partial charge in [-0.1, -0.05) is 13.8 Å². The molecule has 0 amide bonds. The molecule has 9 heteroatoms. The number of alkyl halides is 8. The smallest absolute Gasteiger partial charge is 0.374 e. The van der Waals surface area contributed by atoms with Crippen LogP contribution in [-0.4, -0.2) is 36.4 Å². The van der Waals surface area contributed by atoms with Gasteiger partial charge in [-0.3, -0.25) is 8.78 Å². The summed E-state index contributed by atoms with van der Waals surface area (Å²) < 4.78 is 96.8. The topological polar surface area (TPSA) is 20.2 Å². The van der Waals surface area contributed by atoms with Crippen molar-refractivity contribution in [2.24, 2.45) is 29.6 Å². The van der Waals surface area contributed by atoms with Crippen LogP contribution in [0.15, 0.2) is 0 Å². The molecule has 158 valence electrons. The summed E-state index contributed by atoms with van der Waals surface area (Å²) in [5, 5.41) is 9.28. The van der Waals surface area contributed by atoms with E-state index in [1.807, 2.05) is 13.8 Å². The summed E-state index contributed by atoms with van der Waals surface area (Å²) in [4.78, 5) is 0. The van der Waals surface area contributed by atoms with E-state index in [-0.39, 0.29) is 31.1 Å². The van der Waals surface area contributed by atoms with Gasteiger partial charge in [-0.2, -0.15) is 26.3 Å². The Morgan fingerprint density at radius 3 is 1.46 bits per heavy atom. The summed E-state index contributed by atoms with van der Waals surface area (Å²) in [6.45, 7) is 6.28. The molecule has 26 heavy (non-hydrogen) atoms. The van der Waals surface area contributed by atoms with Crippen molar-refractivity contribution < 1.29 is 40.2 Å². The Morgan fingerprint density at radius 1 is 0.808 bits per heavy atom. The fraction of sp³-hybridized carbons (Fsp3) is 1.00. The van der Waals surface area contributed by atoms with Crippen LogP contribution in [-0.2, 0) is 0 Å². The van der Waals surface area contributed by atoms with Gasteiger partial charge in [0.1, 0.15) is 0 Å². The fourth-order valence-electron chi connectivity index (χ4n) is 4.10. The van der Waals surface area contributed by atoms with Crippen molar-refractivity contribution in [3.63, 3.8) is 0 Å². The van der Waals surface area contributed by atoms with Crippen LogP contribution < -0.4 is 0 Å². The van der Waals surface area contributed by atoms with Gasteiger partial charge in [-0.05, 0) is 62.7 Å². The number of hydrogen-bond donors (Lipinski definition) is 1. The van der Waals surface area contributed by atoms with Gasteiger partial charge in [0.05, 0.1) is 13.3 Å². The Morgan fingerprint density at radius 2 is 1.19 bits per heavy atom. The van der Waals surface area contributed by atoms with E-state index in [1.165, 1.54) is 13.8 Å². The standard InChI is InChI=1S/C13H18F6O.2C2H5F/c1-6-7(2)10-4-8(6)3-9(10)5-11(20,12(14,15)16)13(17,18)19;2*1-2-3/h6-10,20H,3-5H2,1-2H3;2*2H2,1H3. The molecule has 0 aromatic carbocycles. The van der Waals surface area contributed by atoms with E-state index < -0.39 is 30.3 Å². The van der Waals surface area contributed by atoms with Crippen molar-refractivity contribution in [1.29, 1.82) is 0 Å². The van der Waals surface area contributed by atoms with E-state index in [0.717, 1.165) is 0 Å². The summed E-state index contributed by atoms with van der Waals surface area (Å²) in [5.74, 6) is -0.220. The molecular formula is C17H28F8O. The van der Waals surface area contributed by atoms with Crippen LogP contribution in [0.2, 0.25) is 0 Å². The molecule has 2 fully saturated rings.